The van der Waals surface area contributed by atoms with Gasteiger partial charge in [0.2, 0.25) is 5.95 Å². The summed E-state index contributed by atoms with van der Waals surface area (Å²) < 4.78 is 43.2. The third-order valence-corrected chi connectivity index (χ3v) is 7.92. The van der Waals surface area contributed by atoms with E-state index >= 15 is 8.78 Å². The third-order valence-electron chi connectivity index (χ3n) is 7.92. The Kier molecular flexibility index (Phi) is 7.73. The minimum absolute atomic E-state index is 0.0364. The molecule has 0 unspecified atom stereocenters. The molecule has 0 amide bonds. The lowest BCUT2D eigenvalue weighted by molar-refractivity contribution is -0.0391. The van der Waals surface area contributed by atoms with Gasteiger partial charge in [0.15, 0.2) is 0 Å². The van der Waals surface area contributed by atoms with E-state index in [2.05, 4.69) is 27.3 Å². The summed E-state index contributed by atoms with van der Waals surface area (Å²) in [4.78, 5) is 8.81. The number of nitrogens with zero attached hydrogens (tertiary/aromatic N) is 4. The second kappa shape index (κ2) is 11.6. The Morgan fingerprint density at radius 2 is 1.88 bits per heavy atom. The molecule has 4 heterocycles. The van der Waals surface area contributed by atoms with Crippen LogP contribution in [0.15, 0.2) is 48.9 Å². The molecule has 2 fully saturated rings. The molecule has 10 heteroatoms. The van der Waals surface area contributed by atoms with Gasteiger partial charge in [-0.25, -0.2) is 13.8 Å². The maximum atomic E-state index is 15.2. The van der Waals surface area contributed by atoms with Gasteiger partial charge in [-0.3, -0.25) is 4.98 Å². The Morgan fingerprint density at radius 1 is 1.07 bits per heavy atom. The molecule has 1 aromatic carbocycles. The maximum absolute atomic E-state index is 15.2. The number of rotatable bonds is 7. The van der Waals surface area contributed by atoms with E-state index in [-0.39, 0.29) is 30.0 Å². The van der Waals surface area contributed by atoms with Crippen molar-refractivity contribution in [3.63, 3.8) is 0 Å². The summed E-state index contributed by atoms with van der Waals surface area (Å²) in [5.74, 6) is -0.109. The highest BCUT2D eigenvalue weighted by atomic mass is 19.1. The van der Waals surface area contributed by atoms with Crippen LogP contribution in [0.4, 0.5) is 20.4 Å². The number of halogens is 2. The molecule has 40 heavy (non-hydrogen) atoms. The highest BCUT2D eigenvalue weighted by Crippen LogP contribution is 2.39. The smallest absolute Gasteiger partial charge is 0.229 e. The number of imidazole rings is 1. The lowest BCUT2D eigenvalue weighted by Gasteiger charge is -2.32. The van der Waals surface area contributed by atoms with Crippen LogP contribution in [0, 0.1) is 17.6 Å². The van der Waals surface area contributed by atoms with Gasteiger partial charge in [-0.15, -0.1) is 0 Å². The van der Waals surface area contributed by atoms with E-state index in [1.807, 2.05) is 6.07 Å². The predicted octanol–water partition coefficient (Wildman–Crippen LogP) is 5.74. The van der Waals surface area contributed by atoms with E-state index in [0.29, 0.717) is 42.1 Å². The molecule has 210 valence electrons. The number of nitrogens with two attached hydrogens (primary N) is 1. The Labute approximate surface area is 231 Å². The zero-order valence-corrected chi connectivity index (χ0v) is 22.5. The quantitative estimate of drug-likeness (QED) is 0.304. The van der Waals surface area contributed by atoms with E-state index in [0.717, 1.165) is 43.4 Å². The van der Waals surface area contributed by atoms with E-state index in [9.17, 15) is 0 Å². The van der Waals surface area contributed by atoms with Crippen molar-refractivity contribution in [3.05, 3.63) is 71.7 Å². The summed E-state index contributed by atoms with van der Waals surface area (Å²) in [7, 11) is 0. The SMILES string of the molecule is C[C@@H]1C[C@H](N)C[C@H](c2ccncc2Nc2ncc3ccc(-c4c(F)cc(COC5CCOCC5)cc4F)nn23)C1. The van der Waals surface area contributed by atoms with Crippen molar-refractivity contribution in [1.82, 2.24) is 19.6 Å². The molecule has 0 spiro atoms. The number of aromatic nitrogens is 4. The number of ether oxygens (including phenoxy) is 2. The van der Waals surface area contributed by atoms with Crippen molar-refractivity contribution in [3.8, 4) is 11.3 Å². The molecule has 3 atom stereocenters. The molecule has 6 rings (SSSR count). The first-order valence-corrected chi connectivity index (χ1v) is 13.9. The van der Waals surface area contributed by atoms with Crippen molar-refractivity contribution >= 4 is 17.2 Å². The maximum Gasteiger partial charge on any atom is 0.229 e. The molecule has 4 aromatic rings. The molecule has 1 saturated heterocycles. The summed E-state index contributed by atoms with van der Waals surface area (Å²) in [6.45, 7) is 3.65. The van der Waals surface area contributed by atoms with Crippen LogP contribution in [0.25, 0.3) is 16.8 Å². The second-order valence-electron chi connectivity index (χ2n) is 11.1. The van der Waals surface area contributed by atoms with Gasteiger partial charge in [-0.05, 0) is 85.4 Å². The topological polar surface area (TPSA) is 99.6 Å². The van der Waals surface area contributed by atoms with Crippen LogP contribution in [0.5, 0.6) is 0 Å². The molecule has 1 aliphatic carbocycles. The first-order chi connectivity index (χ1) is 19.4. The minimum Gasteiger partial charge on any atom is -0.381 e. The lowest BCUT2D eigenvalue weighted by atomic mass is 9.76. The summed E-state index contributed by atoms with van der Waals surface area (Å²) in [6, 6.07) is 8.15. The Balaban J connectivity index is 1.26. The first kappa shape index (κ1) is 26.7. The highest BCUT2D eigenvalue weighted by molar-refractivity contribution is 5.66. The van der Waals surface area contributed by atoms with Crippen LogP contribution in [0.2, 0.25) is 0 Å². The van der Waals surface area contributed by atoms with Gasteiger partial charge in [0.05, 0.1) is 47.6 Å². The van der Waals surface area contributed by atoms with Crippen molar-refractivity contribution < 1.29 is 18.3 Å². The van der Waals surface area contributed by atoms with E-state index in [4.69, 9.17) is 15.2 Å². The average molecular weight is 549 g/mol. The molecule has 8 nitrogen and oxygen atoms in total. The summed E-state index contributed by atoms with van der Waals surface area (Å²) in [5.41, 5.74) is 9.38. The van der Waals surface area contributed by atoms with Gasteiger partial charge in [0, 0.05) is 25.5 Å². The van der Waals surface area contributed by atoms with Crippen LogP contribution in [-0.4, -0.2) is 44.9 Å². The van der Waals surface area contributed by atoms with E-state index in [1.54, 1.807) is 35.2 Å². The van der Waals surface area contributed by atoms with E-state index in [1.165, 1.54) is 12.1 Å². The molecular weight excluding hydrogens is 514 g/mol. The van der Waals surface area contributed by atoms with Gasteiger partial charge >= 0.3 is 0 Å². The molecule has 3 N–H and O–H groups in total. The first-order valence-electron chi connectivity index (χ1n) is 13.9. The lowest BCUT2D eigenvalue weighted by Crippen LogP contribution is -2.31. The van der Waals surface area contributed by atoms with Crippen molar-refractivity contribution in [2.75, 3.05) is 18.5 Å². The minimum atomic E-state index is -0.690. The molecule has 1 saturated carbocycles. The van der Waals surface area contributed by atoms with Crippen LogP contribution in [0.1, 0.15) is 56.1 Å². The zero-order valence-electron chi connectivity index (χ0n) is 22.5. The zero-order chi connectivity index (χ0) is 27.6. The van der Waals surface area contributed by atoms with Crippen LogP contribution >= 0.6 is 0 Å². The molecule has 1 aliphatic heterocycles. The fourth-order valence-corrected chi connectivity index (χ4v) is 6.01. The largest absolute Gasteiger partial charge is 0.381 e. The average Bonchev–Trinajstić information content (AvgIpc) is 3.34. The van der Waals surface area contributed by atoms with Crippen molar-refractivity contribution in [2.45, 2.75) is 63.7 Å². The fourth-order valence-electron chi connectivity index (χ4n) is 6.01. The number of fused-ring (bicyclic) bond motifs is 1. The summed E-state index contributed by atoms with van der Waals surface area (Å²) in [5, 5.41) is 7.93. The van der Waals surface area contributed by atoms with Gasteiger partial charge in [0.25, 0.3) is 0 Å². The third kappa shape index (κ3) is 5.70. The molecule has 0 radical (unpaired) electrons. The molecular formula is C30H34F2N6O2. The van der Waals surface area contributed by atoms with Gasteiger partial charge in [0.1, 0.15) is 11.6 Å². The highest BCUT2D eigenvalue weighted by Gasteiger charge is 2.27. The second-order valence-corrected chi connectivity index (χ2v) is 11.1. The molecule has 3 aromatic heterocycles. The van der Waals surface area contributed by atoms with Crippen LogP contribution in [-0.2, 0) is 16.1 Å². The Bertz CT molecular complexity index is 1460. The van der Waals surface area contributed by atoms with Crippen molar-refractivity contribution in [2.24, 2.45) is 11.7 Å². The molecule has 0 bridgehead atoms. The summed E-state index contributed by atoms with van der Waals surface area (Å²) in [6.07, 6.45) is 9.80. The predicted molar refractivity (Wildman–Crippen MR) is 148 cm³/mol. The van der Waals surface area contributed by atoms with Crippen LogP contribution < -0.4 is 11.1 Å². The van der Waals surface area contributed by atoms with Gasteiger partial charge in [-0.2, -0.15) is 9.61 Å². The molecule has 2 aliphatic rings. The van der Waals surface area contributed by atoms with Gasteiger partial charge < -0.3 is 20.5 Å². The monoisotopic (exact) mass is 548 g/mol. The number of hydrogen-bond donors (Lipinski definition) is 2. The number of hydrogen-bond acceptors (Lipinski definition) is 7. The van der Waals surface area contributed by atoms with Gasteiger partial charge in [-0.1, -0.05) is 6.92 Å². The standard InChI is InChI=1S/C30H34F2N6O2/c1-18-10-20(14-21(33)11-18)24-4-7-34-16-28(24)36-30-35-15-22-2-3-27(37-38(22)30)29-25(31)12-19(13-26(29)32)17-40-23-5-8-39-9-6-23/h2-4,7,12-13,15-16,18,20-21,23H,5-6,8-11,14,17,33H2,1H3,(H,35,36)/t18-,20+,21-/m0/s1. The number of pyridine rings is 1. The number of nitrogens with one attached hydrogen (secondary N) is 1. The Morgan fingerprint density at radius 3 is 2.65 bits per heavy atom. The summed E-state index contributed by atoms with van der Waals surface area (Å²) >= 11 is 0. The Hall–Kier alpha value is -3.47. The number of anilines is 2. The van der Waals surface area contributed by atoms with E-state index < -0.39 is 11.6 Å². The fraction of sp³-hybridized carbons (Fsp3) is 0.433. The normalized spacial score (nSPS) is 22.1. The van der Waals surface area contributed by atoms with Crippen LogP contribution in [0.3, 0.4) is 0 Å². The number of benzene rings is 1. The van der Waals surface area contributed by atoms with Crippen molar-refractivity contribution in [1.29, 1.82) is 0 Å².